The van der Waals surface area contributed by atoms with E-state index in [2.05, 4.69) is 4.90 Å². The summed E-state index contributed by atoms with van der Waals surface area (Å²) in [7, 11) is 2.01. The van der Waals surface area contributed by atoms with Gasteiger partial charge in [-0.1, -0.05) is 48.5 Å². The van der Waals surface area contributed by atoms with Gasteiger partial charge >= 0.3 is 0 Å². The number of aliphatic hydroxyl groups is 1. The lowest BCUT2D eigenvalue weighted by molar-refractivity contribution is 0.151. The zero-order chi connectivity index (χ0) is 13.0. The van der Waals surface area contributed by atoms with Gasteiger partial charge in [0.1, 0.15) is 0 Å². The second kappa shape index (κ2) is 5.69. The van der Waals surface area contributed by atoms with Crippen LogP contribution in [-0.4, -0.2) is 18.2 Å². The fourth-order valence-corrected chi connectivity index (χ4v) is 2.04. The summed E-state index contributed by atoms with van der Waals surface area (Å²) in [5.41, 5.74) is 2.06. The van der Waals surface area contributed by atoms with E-state index < -0.39 is 6.10 Å². The molecule has 0 heterocycles. The highest BCUT2D eigenvalue weighted by Crippen LogP contribution is 2.23. The maximum Gasteiger partial charge on any atom is 0.0990 e. The van der Waals surface area contributed by atoms with Gasteiger partial charge in [-0.3, -0.25) is 0 Å². The number of nitrogens with zero attached hydrogens (tertiary/aromatic N) is 1. The van der Waals surface area contributed by atoms with Gasteiger partial charge in [0, 0.05) is 12.7 Å². The molecule has 0 fully saturated rings. The normalized spacial score (nSPS) is 13.9. The minimum atomic E-state index is -0.489. The summed E-state index contributed by atoms with van der Waals surface area (Å²) in [6, 6.07) is 19.9. The molecule has 2 atom stereocenters. The Labute approximate surface area is 109 Å². The van der Waals surface area contributed by atoms with Gasteiger partial charge in [0.05, 0.1) is 12.1 Å². The number of hydrogen-bond donors (Lipinski definition) is 1. The van der Waals surface area contributed by atoms with Gasteiger partial charge in [-0.2, -0.15) is 0 Å². The van der Waals surface area contributed by atoms with Gasteiger partial charge in [0.25, 0.3) is 0 Å². The topological polar surface area (TPSA) is 23.5 Å². The van der Waals surface area contributed by atoms with E-state index in [9.17, 15) is 5.11 Å². The Morgan fingerprint density at radius 2 is 1.39 bits per heavy atom. The van der Waals surface area contributed by atoms with Crippen molar-refractivity contribution in [3.63, 3.8) is 0 Å². The molecule has 18 heavy (non-hydrogen) atoms. The number of benzene rings is 2. The molecule has 0 saturated carbocycles. The molecule has 2 rings (SSSR count). The lowest BCUT2D eigenvalue weighted by Crippen LogP contribution is -2.34. The highest BCUT2D eigenvalue weighted by Gasteiger charge is 2.20. The third kappa shape index (κ3) is 2.71. The number of para-hydroxylation sites is 1. The monoisotopic (exact) mass is 241 g/mol. The van der Waals surface area contributed by atoms with Crippen LogP contribution in [0.5, 0.6) is 0 Å². The van der Waals surface area contributed by atoms with Crippen molar-refractivity contribution in [1.29, 1.82) is 0 Å². The first-order valence-corrected chi connectivity index (χ1v) is 6.21. The first kappa shape index (κ1) is 12.7. The van der Waals surface area contributed by atoms with Crippen molar-refractivity contribution in [2.75, 3.05) is 11.9 Å². The molecule has 0 saturated heterocycles. The van der Waals surface area contributed by atoms with Crippen molar-refractivity contribution < 1.29 is 5.11 Å². The lowest BCUT2D eigenvalue weighted by atomic mass is 10.0. The van der Waals surface area contributed by atoms with Gasteiger partial charge < -0.3 is 10.0 Å². The Balaban J connectivity index is 2.14. The van der Waals surface area contributed by atoms with Gasteiger partial charge in [0.15, 0.2) is 0 Å². The first-order valence-electron chi connectivity index (χ1n) is 6.21. The molecule has 0 radical (unpaired) electrons. The highest BCUT2D eigenvalue weighted by atomic mass is 16.3. The molecule has 0 spiro atoms. The van der Waals surface area contributed by atoms with E-state index in [1.165, 1.54) is 0 Å². The third-order valence-corrected chi connectivity index (χ3v) is 3.37. The summed E-state index contributed by atoms with van der Waals surface area (Å²) >= 11 is 0. The molecular formula is C16H19NO. The third-order valence-electron chi connectivity index (χ3n) is 3.37. The minimum absolute atomic E-state index is 0.0230. The van der Waals surface area contributed by atoms with Crippen LogP contribution in [0.25, 0.3) is 0 Å². The van der Waals surface area contributed by atoms with E-state index >= 15 is 0 Å². The molecule has 1 N–H and O–H groups in total. The van der Waals surface area contributed by atoms with Gasteiger partial charge in [-0.15, -0.1) is 0 Å². The minimum Gasteiger partial charge on any atom is -0.386 e. The van der Waals surface area contributed by atoms with E-state index in [0.717, 1.165) is 11.3 Å². The van der Waals surface area contributed by atoms with Gasteiger partial charge in [0.2, 0.25) is 0 Å². The quantitative estimate of drug-likeness (QED) is 0.888. The predicted octanol–water partition coefficient (Wildman–Crippen LogP) is 3.24. The summed E-state index contributed by atoms with van der Waals surface area (Å²) in [5.74, 6) is 0. The molecule has 0 aliphatic heterocycles. The van der Waals surface area contributed by atoms with Crippen LogP contribution in [0.2, 0.25) is 0 Å². The maximum atomic E-state index is 10.4. The van der Waals surface area contributed by atoms with Crippen molar-refractivity contribution in [3.8, 4) is 0 Å². The van der Waals surface area contributed by atoms with Gasteiger partial charge in [-0.05, 0) is 24.6 Å². The molecule has 2 aromatic carbocycles. The molecule has 0 unspecified atom stereocenters. The molecule has 94 valence electrons. The predicted molar refractivity (Wildman–Crippen MR) is 75.7 cm³/mol. The summed E-state index contributed by atoms with van der Waals surface area (Å²) in [6.45, 7) is 2.03. The summed E-state index contributed by atoms with van der Waals surface area (Å²) < 4.78 is 0. The molecule has 2 aromatic rings. The number of aliphatic hydroxyl groups excluding tert-OH is 1. The van der Waals surface area contributed by atoms with E-state index in [1.54, 1.807) is 0 Å². The van der Waals surface area contributed by atoms with Crippen molar-refractivity contribution >= 4 is 5.69 Å². The lowest BCUT2D eigenvalue weighted by Gasteiger charge is -2.31. The van der Waals surface area contributed by atoms with Crippen molar-refractivity contribution in [2.24, 2.45) is 0 Å². The second-order valence-corrected chi connectivity index (χ2v) is 4.54. The average molecular weight is 241 g/mol. The Morgan fingerprint density at radius 1 is 0.889 bits per heavy atom. The van der Waals surface area contributed by atoms with Crippen molar-refractivity contribution in [3.05, 3.63) is 66.2 Å². The molecule has 0 amide bonds. The SMILES string of the molecule is C[C@@H]([C@H](O)c1ccccc1)N(C)c1ccccc1. The second-order valence-electron chi connectivity index (χ2n) is 4.54. The molecule has 0 aromatic heterocycles. The molecule has 0 bridgehead atoms. The zero-order valence-corrected chi connectivity index (χ0v) is 10.8. The molecule has 0 aliphatic rings. The van der Waals surface area contributed by atoms with Crippen LogP contribution in [-0.2, 0) is 0 Å². The highest BCUT2D eigenvalue weighted by molar-refractivity contribution is 5.46. The molecule has 2 nitrogen and oxygen atoms in total. The van der Waals surface area contributed by atoms with Gasteiger partial charge in [-0.25, -0.2) is 0 Å². The molecule has 0 aliphatic carbocycles. The number of anilines is 1. The summed E-state index contributed by atoms with van der Waals surface area (Å²) in [4.78, 5) is 2.09. The zero-order valence-electron chi connectivity index (χ0n) is 10.8. The number of rotatable bonds is 4. The first-order chi connectivity index (χ1) is 8.70. The van der Waals surface area contributed by atoms with Crippen molar-refractivity contribution in [1.82, 2.24) is 0 Å². The largest absolute Gasteiger partial charge is 0.386 e. The fourth-order valence-electron chi connectivity index (χ4n) is 2.04. The maximum absolute atomic E-state index is 10.4. The average Bonchev–Trinajstić information content (AvgIpc) is 2.47. The van der Waals surface area contributed by atoms with E-state index in [-0.39, 0.29) is 6.04 Å². The summed E-state index contributed by atoms with van der Waals surface area (Å²) in [6.07, 6.45) is -0.489. The smallest absolute Gasteiger partial charge is 0.0990 e. The van der Waals surface area contributed by atoms with E-state index in [1.807, 2.05) is 74.6 Å². The van der Waals surface area contributed by atoms with Crippen LogP contribution in [0.15, 0.2) is 60.7 Å². The van der Waals surface area contributed by atoms with Crippen molar-refractivity contribution in [2.45, 2.75) is 19.1 Å². The fraction of sp³-hybridized carbons (Fsp3) is 0.250. The van der Waals surface area contributed by atoms with Crippen LogP contribution in [0.4, 0.5) is 5.69 Å². The van der Waals surface area contributed by atoms with Crippen LogP contribution >= 0.6 is 0 Å². The molecule has 2 heteroatoms. The van der Waals surface area contributed by atoms with Crippen LogP contribution in [0.3, 0.4) is 0 Å². The van der Waals surface area contributed by atoms with E-state index in [4.69, 9.17) is 0 Å². The Kier molecular flexibility index (Phi) is 4.00. The Hall–Kier alpha value is -1.80. The Morgan fingerprint density at radius 3 is 1.94 bits per heavy atom. The number of likely N-dealkylation sites (N-methyl/N-ethyl adjacent to an activating group) is 1. The standard InChI is InChI=1S/C16H19NO/c1-13(16(18)14-9-5-3-6-10-14)17(2)15-11-7-4-8-12-15/h3-13,16,18H,1-2H3/t13-,16-/m0/s1. The van der Waals surface area contributed by atoms with Crippen LogP contribution in [0.1, 0.15) is 18.6 Å². The number of hydrogen-bond acceptors (Lipinski definition) is 2. The van der Waals surface area contributed by atoms with E-state index in [0.29, 0.717) is 0 Å². The Bertz CT molecular complexity index is 423. The molecular weight excluding hydrogens is 222 g/mol. The summed E-state index contributed by atoms with van der Waals surface area (Å²) in [5, 5.41) is 10.4. The van der Waals surface area contributed by atoms with Crippen LogP contribution in [0, 0.1) is 0 Å². The van der Waals surface area contributed by atoms with Crippen LogP contribution < -0.4 is 4.90 Å².